The number of likely N-dealkylation sites (N-methyl/N-ethyl adjacent to an activating group) is 2. The number of amides is 1. The number of nitrogens with two attached hydrogens (primary N) is 1. The van der Waals surface area contributed by atoms with Crippen molar-refractivity contribution >= 4 is 5.91 Å². The van der Waals surface area contributed by atoms with Crippen LogP contribution in [0.1, 0.15) is 20.8 Å². The number of primary amides is 1. The molecule has 1 aliphatic heterocycles. The zero-order chi connectivity index (χ0) is 12.8. The molecule has 1 fully saturated rings. The van der Waals surface area contributed by atoms with Crippen LogP contribution in [0.5, 0.6) is 0 Å². The molecule has 2 atom stereocenters. The van der Waals surface area contributed by atoms with E-state index in [9.17, 15) is 4.79 Å². The van der Waals surface area contributed by atoms with E-state index in [0.717, 1.165) is 39.3 Å². The highest BCUT2D eigenvalue weighted by molar-refractivity contribution is 5.80. The van der Waals surface area contributed by atoms with Gasteiger partial charge in [0.15, 0.2) is 0 Å². The Morgan fingerprint density at radius 2 is 2.18 bits per heavy atom. The first-order chi connectivity index (χ1) is 8.08. The lowest BCUT2D eigenvalue weighted by Gasteiger charge is -2.40. The second-order valence-corrected chi connectivity index (χ2v) is 4.75. The van der Waals surface area contributed by atoms with Gasteiger partial charge in [0.2, 0.25) is 5.91 Å². The Balaban J connectivity index is 2.44. The predicted molar refractivity (Wildman–Crippen MR) is 69.8 cm³/mol. The van der Waals surface area contributed by atoms with Gasteiger partial charge in [-0.25, -0.2) is 0 Å². The lowest BCUT2D eigenvalue weighted by Crippen LogP contribution is -2.56. The number of nitrogens with zero attached hydrogens (tertiary/aromatic N) is 2. The van der Waals surface area contributed by atoms with Crippen molar-refractivity contribution in [3.8, 4) is 0 Å². The van der Waals surface area contributed by atoms with Crippen molar-refractivity contribution in [3.05, 3.63) is 0 Å². The lowest BCUT2D eigenvalue weighted by molar-refractivity contribution is -0.120. The molecule has 1 saturated heterocycles. The minimum Gasteiger partial charge on any atom is -0.368 e. The first-order valence-corrected chi connectivity index (χ1v) is 6.57. The fourth-order valence-corrected chi connectivity index (χ4v) is 2.47. The molecule has 0 aromatic carbocycles. The SMILES string of the molecule is CCNC(CN1CCN(CC)C(C)C1)C(N)=O. The van der Waals surface area contributed by atoms with Crippen LogP contribution in [-0.2, 0) is 4.79 Å². The van der Waals surface area contributed by atoms with Crippen molar-refractivity contribution in [3.63, 3.8) is 0 Å². The minimum absolute atomic E-state index is 0.222. The molecule has 3 N–H and O–H groups in total. The van der Waals surface area contributed by atoms with Crippen LogP contribution in [0.3, 0.4) is 0 Å². The molecule has 1 heterocycles. The van der Waals surface area contributed by atoms with E-state index < -0.39 is 0 Å². The van der Waals surface area contributed by atoms with Gasteiger partial charge in [-0.3, -0.25) is 14.6 Å². The average Bonchev–Trinajstić information content (AvgIpc) is 2.28. The summed E-state index contributed by atoms with van der Waals surface area (Å²) < 4.78 is 0. The van der Waals surface area contributed by atoms with E-state index >= 15 is 0 Å². The Labute approximate surface area is 104 Å². The summed E-state index contributed by atoms with van der Waals surface area (Å²) in [6.45, 7) is 12.1. The second-order valence-electron chi connectivity index (χ2n) is 4.75. The molecular formula is C12H26N4O. The number of hydrogen-bond acceptors (Lipinski definition) is 4. The standard InChI is InChI=1S/C12H26N4O/c1-4-14-11(12(13)17)9-15-6-7-16(5-2)10(3)8-15/h10-11,14H,4-9H2,1-3H3,(H2,13,17). The molecule has 2 unspecified atom stereocenters. The molecule has 5 heteroatoms. The van der Waals surface area contributed by atoms with Crippen LogP contribution < -0.4 is 11.1 Å². The van der Waals surface area contributed by atoms with Gasteiger partial charge in [-0.1, -0.05) is 13.8 Å². The summed E-state index contributed by atoms with van der Waals surface area (Å²) in [6, 6.07) is 0.337. The summed E-state index contributed by atoms with van der Waals surface area (Å²) >= 11 is 0. The Morgan fingerprint density at radius 3 is 2.65 bits per heavy atom. The highest BCUT2D eigenvalue weighted by atomic mass is 16.1. The monoisotopic (exact) mass is 242 g/mol. The molecular weight excluding hydrogens is 216 g/mol. The largest absolute Gasteiger partial charge is 0.368 e. The van der Waals surface area contributed by atoms with E-state index in [1.165, 1.54) is 0 Å². The van der Waals surface area contributed by atoms with Gasteiger partial charge < -0.3 is 11.1 Å². The number of rotatable bonds is 6. The topological polar surface area (TPSA) is 61.6 Å². The molecule has 0 spiro atoms. The Bertz CT molecular complexity index is 247. The Kier molecular flexibility index (Phi) is 5.88. The van der Waals surface area contributed by atoms with E-state index in [4.69, 9.17) is 5.73 Å². The summed E-state index contributed by atoms with van der Waals surface area (Å²) in [5.41, 5.74) is 5.39. The summed E-state index contributed by atoms with van der Waals surface area (Å²) in [7, 11) is 0. The summed E-state index contributed by atoms with van der Waals surface area (Å²) in [4.78, 5) is 16.1. The highest BCUT2D eigenvalue weighted by Crippen LogP contribution is 2.09. The van der Waals surface area contributed by atoms with Crippen molar-refractivity contribution in [2.75, 3.05) is 39.3 Å². The van der Waals surface area contributed by atoms with E-state index in [0.29, 0.717) is 6.04 Å². The summed E-state index contributed by atoms with van der Waals surface area (Å²) in [6.07, 6.45) is 0. The van der Waals surface area contributed by atoms with Crippen LogP contribution in [0, 0.1) is 0 Å². The number of carbonyl (C=O) groups is 1. The third-order valence-corrected chi connectivity index (χ3v) is 3.49. The van der Waals surface area contributed by atoms with Gasteiger partial charge >= 0.3 is 0 Å². The van der Waals surface area contributed by atoms with Gasteiger partial charge in [0.05, 0.1) is 6.04 Å². The Morgan fingerprint density at radius 1 is 1.47 bits per heavy atom. The van der Waals surface area contributed by atoms with Crippen LogP contribution in [0.4, 0.5) is 0 Å². The molecule has 1 amide bonds. The van der Waals surface area contributed by atoms with Gasteiger partial charge in [-0.15, -0.1) is 0 Å². The number of nitrogens with one attached hydrogen (secondary N) is 1. The fourth-order valence-electron chi connectivity index (χ4n) is 2.47. The molecule has 17 heavy (non-hydrogen) atoms. The molecule has 0 aromatic rings. The average molecular weight is 242 g/mol. The summed E-state index contributed by atoms with van der Waals surface area (Å²) in [5.74, 6) is -0.252. The van der Waals surface area contributed by atoms with E-state index in [1.807, 2.05) is 6.92 Å². The van der Waals surface area contributed by atoms with Gasteiger partial charge in [-0.2, -0.15) is 0 Å². The molecule has 0 bridgehead atoms. The molecule has 1 rings (SSSR count). The number of hydrogen-bond donors (Lipinski definition) is 2. The van der Waals surface area contributed by atoms with E-state index in [-0.39, 0.29) is 11.9 Å². The first kappa shape index (κ1) is 14.4. The van der Waals surface area contributed by atoms with Crippen LogP contribution in [0.2, 0.25) is 0 Å². The maximum Gasteiger partial charge on any atom is 0.235 e. The normalized spacial score (nSPS) is 24.8. The van der Waals surface area contributed by atoms with Crippen molar-refractivity contribution < 1.29 is 4.79 Å². The Hall–Kier alpha value is -0.650. The van der Waals surface area contributed by atoms with Gasteiger partial charge in [0, 0.05) is 32.2 Å². The highest BCUT2D eigenvalue weighted by Gasteiger charge is 2.25. The van der Waals surface area contributed by atoms with Crippen molar-refractivity contribution in [2.24, 2.45) is 5.73 Å². The van der Waals surface area contributed by atoms with Crippen LogP contribution in [-0.4, -0.2) is 67.1 Å². The predicted octanol–water partition coefficient (Wildman–Crippen LogP) is -0.524. The lowest BCUT2D eigenvalue weighted by atomic mass is 10.1. The molecule has 100 valence electrons. The third-order valence-electron chi connectivity index (χ3n) is 3.49. The van der Waals surface area contributed by atoms with Gasteiger partial charge in [0.25, 0.3) is 0 Å². The zero-order valence-corrected chi connectivity index (χ0v) is 11.3. The van der Waals surface area contributed by atoms with Gasteiger partial charge in [-0.05, 0) is 20.0 Å². The summed E-state index contributed by atoms with van der Waals surface area (Å²) in [5, 5.41) is 3.14. The number of piperazine rings is 1. The van der Waals surface area contributed by atoms with Crippen LogP contribution in [0.15, 0.2) is 0 Å². The first-order valence-electron chi connectivity index (χ1n) is 6.57. The second kappa shape index (κ2) is 6.93. The molecule has 0 aromatic heterocycles. The zero-order valence-electron chi connectivity index (χ0n) is 11.3. The molecule has 1 aliphatic rings. The fraction of sp³-hybridized carbons (Fsp3) is 0.917. The van der Waals surface area contributed by atoms with Crippen molar-refractivity contribution in [2.45, 2.75) is 32.9 Å². The maximum absolute atomic E-state index is 11.3. The van der Waals surface area contributed by atoms with Crippen molar-refractivity contribution in [1.82, 2.24) is 15.1 Å². The molecule has 0 aliphatic carbocycles. The van der Waals surface area contributed by atoms with E-state index in [1.54, 1.807) is 0 Å². The molecule has 0 saturated carbocycles. The molecule has 5 nitrogen and oxygen atoms in total. The number of carbonyl (C=O) groups excluding carboxylic acids is 1. The van der Waals surface area contributed by atoms with E-state index in [2.05, 4.69) is 29.0 Å². The van der Waals surface area contributed by atoms with Crippen LogP contribution >= 0.6 is 0 Å². The van der Waals surface area contributed by atoms with Gasteiger partial charge in [0.1, 0.15) is 0 Å². The molecule has 0 radical (unpaired) electrons. The third kappa shape index (κ3) is 4.26. The van der Waals surface area contributed by atoms with Crippen molar-refractivity contribution in [1.29, 1.82) is 0 Å². The quantitative estimate of drug-likeness (QED) is 0.658. The minimum atomic E-state index is -0.252. The smallest absolute Gasteiger partial charge is 0.235 e. The van der Waals surface area contributed by atoms with Crippen LogP contribution in [0.25, 0.3) is 0 Å². The maximum atomic E-state index is 11.3.